The molecular weight excluding hydrogens is 422 g/mol. The molecule has 0 fully saturated rings. The van der Waals surface area contributed by atoms with Crippen molar-refractivity contribution in [2.75, 3.05) is 13.7 Å². The van der Waals surface area contributed by atoms with Gasteiger partial charge in [-0.25, -0.2) is 4.98 Å². The predicted molar refractivity (Wildman–Crippen MR) is 119 cm³/mol. The number of hydrogen-bond donors (Lipinski definition) is 0. The summed E-state index contributed by atoms with van der Waals surface area (Å²) in [6, 6.07) is 16.7. The summed E-state index contributed by atoms with van der Waals surface area (Å²) >= 11 is 7.52. The van der Waals surface area contributed by atoms with E-state index in [1.807, 2.05) is 48.5 Å². The average molecular weight is 442 g/mol. The van der Waals surface area contributed by atoms with Crippen molar-refractivity contribution in [3.63, 3.8) is 0 Å². The van der Waals surface area contributed by atoms with Crippen LogP contribution in [-0.4, -0.2) is 28.4 Å². The zero-order chi connectivity index (χ0) is 20.9. The van der Waals surface area contributed by atoms with Crippen LogP contribution in [0.1, 0.15) is 12.1 Å². The lowest BCUT2D eigenvalue weighted by molar-refractivity contribution is 0.189. The van der Waals surface area contributed by atoms with Gasteiger partial charge in [0.25, 0.3) is 5.56 Å². The Morgan fingerprint density at radius 1 is 1.17 bits per heavy atom. The Kier molecular flexibility index (Phi) is 6.52. The van der Waals surface area contributed by atoms with Crippen LogP contribution < -0.4 is 5.56 Å². The summed E-state index contributed by atoms with van der Waals surface area (Å²) in [5.74, 6) is 1.18. The van der Waals surface area contributed by atoms with Gasteiger partial charge in [-0.3, -0.25) is 9.36 Å². The van der Waals surface area contributed by atoms with Crippen LogP contribution in [0.25, 0.3) is 22.2 Å². The molecule has 2 aromatic carbocycles. The van der Waals surface area contributed by atoms with E-state index in [-0.39, 0.29) is 5.56 Å². The van der Waals surface area contributed by atoms with Gasteiger partial charge in [0.15, 0.2) is 10.9 Å². The molecule has 0 aliphatic carbocycles. The second kappa shape index (κ2) is 9.47. The molecule has 0 N–H and O–H groups in total. The molecule has 0 aliphatic rings. The van der Waals surface area contributed by atoms with Crippen LogP contribution in [-0.2, 0) is 17.0 Å². The van der Waals surface area contributed by atoms with E-state index in [2.05, 4.69) is 5.16 Å². The van der Waals surface area contributed by atoms with Crippen molar-refractivity contribution in [3.05, 3.63) is 75.7 Å². The summed E-state index contributed by atoms with van der Waals surface area (Å²) in [4.78, 5) is 17.7. The van der Waals surface area contributed by atoms with E-state index < -0.39 is 0 Å². The van der Waals surface area contributed by atoms with Crippen molar-refractivity contribution in [2.45, 2.75) is 23.9 Å². The molecule has 4 rings (SSSR count). The number of para-hydroxylation sites is 1. The molecule has 2 aromatic heterocycles. The third-order valence-corrected chi connectivity index (χ3v) is 5.82. The normalized spacial score (nSPS) is 11.3. The summed E-state index contributed by atoms with van der Waals surface area (Å²) in [5.41, 5.74) is 2.28. The molecule has 0 saturated heterocycles. The van der Waals surface area contributed by atoms with Gasteiger partial charge in [-0.05, 0) is 30.7 Å². The molecule has 0 aliphatic heterocycles. The molecule has 0 unspecified atom stereocenters. The van der Waals surface area contributed by atoms with Gasteiger partial charge >= 0.3 is 0 Å². The Hall–Kier alpha value is -2.61. The number of methoxy groups -OCH3 is 1. The van der Waals surface area contributed by atoms with Crippen molar-refractivity contribution >= 4 is 34.3 Å². The maximum Gasteiger partial charge on any atom is 0.262 e. The molecule has 30 heavy (non-hydrogen) atoms. The first-order chi connectivity index (χ1) is 14.7. The van der Waals surface area contributed by atoms with E-state index in [0.717, 1.165) is 17.7 Å². The van der Waals surface area contributed by atoms with Gasteiger partial charge in [-0.1, -0.05) is 52.8 Å². The molecule has 6 nitrogen and oxygen atoms in total. The van der Waals surface area contributed by atoms with E-state index in [0.29, 0.717) is 45.7 Å². The van der Waals surface area contributed by atoms with Gasteiger partial charge in [-0.15, -0.1) is 0 Å². The molecule has 8 heteroatoms. The Bertz CT molecular complexity index is 1220. The van der Waals surface area contributed by atoms with Crippen molar-refractivity contribution in [1.82, 2.24) is 14.7 Å². The largest absolute Gasteiger partial charge is 0.385 e. The van der Waals surface area contributed by atoms with E-state index >= 15 is 0 Å². The fourth-order valence-electron chi connectivity index (χ4n) is 3.12. The smallest absolute Gasteiger partial charge is 0.262 e. The van der Waals surface area contributed by atoms with E-state index in [4.69, 9.17) is 25.8 Å². The zero-order valence-corrected chi connectivity index (χ0v) is 17.9. The van der Waals surface area contributed by atoms with Crippen LogP contribution in [0.5, 0.6) is 0 Å². The number of nitrogens with zero attached hydrogens (tertiary/aromatic N) is 3. The third kappa shape index (κ3) is 4.59. The number of aromatic nitrogens is 3. The quantitative estimate of drug-likeness (QED) is 0.217. The molecule has 0 spiro atoms. The minimum atomic E-state index is -0.0426. The fraction of sp³-hybridized carbons (Fsp3) is 0.227. The summed E-state index contributed by atoms with van der Waals surface area (Å²) < 4.78 is 12.3. The summed E-state index contributed by atoms with van der Waals surface area (Å²) in [6.07, 6.45) is 0.729. The molecular formula is C22H20ClN3O3S. The van der Waals surface area contributed by atoms with Gasteiger partial charge in [0.05, 0.1) is 16.6 Å². The van der Waals surface area contributed by atoms with Crippen LogP contribution in [0, 0.1) is 0 Å². The maximum absolute atomic E-state index is 13.0. The van der Waals surface area contributed by atoms with Gasteiger partial charge in [0.2, 0.25) is 0 Å². The zero-order valence-electron chi connectivity index (χ0n) is 16.4. The van der Waals surface area contributed by atoms with Crippen LogP contribution in [0.3, 0.4) is 0 Å². The van der Waals surface area contributed by atoms with Gasteiger partial charge in [0.1, 0.15) is 0 Å². The fourth-order valence-corrected chi connectivity index (χ4v) is 4.21. The Balaban J connectivity index is 1.59. The summed E-state index contributed by atoms with van der Waals surface area (Å²) in [6.45, 7) is 1.12. The number of thioether (sulfide) groups is 1. The van der Waals surface area contributed by atoms with Gasteiger partial charge in [-0.2, -0.15) is 0 Å². The molecule has 154 valence electrons. The monoisotopic (exact) mass is 441 g/mol. The van der Waals surface area contributed by atoms with Gasteiger partial charge < -0.3 is 9.26 Å². The van der Waals surface area contributed by atoms with Crippen LogP contribution in [0.15, 0.2) is 69.1 Å². The number of benzene rings is 2. The first-order valence-corrected chi connectivity index (χ1v) is 10.8. The second-order valence-electron chi connectivity index (χ2n) is 6.70. The molecule has 0 amide bonds. The second-order valence-corrected chi connectivity index (χ2v) is 8.08. The Morgan fingerprint density at radius 3 is 2.87 bits per heavy atom. The highest BCUT2D eigenvalue weighted by molar-refractivity contribution is 7.98. The number of halogens is 1. The highest BCUT2D eigenvalue weighted by atomic mass is 35.5. The lowest BCUT2D eigenvalue weighted by atomic mass is 10.2. The minimum Gasteiger partial charge on any atom is -0.385 e. The first kappa shape index (κ1) is 20.7. The van der Waals surface area contributed by atoms with Crippen LogP contribution >= 0.6 is 23.4 Å². The van der Waals surface area contributed by atoms with E-state index in [1.54, 1.807) is 17.7 Å². The minimum absolute atomic E-state index is 0.0426. The first-order valence-electron chi connectivity index (χ1n) is 9.48. The van der Waals surface area contributed by atoms with Crippen molar-refractivity contribution < 1.29 is 9.26 Å². The van der Waals surface area contributed by atoms with Crippen LogP contribution in [0.2, 0.25) is 5.02 Å². The van der Waals surface area contributed by atoms with Gasteiger partial charge in [0, 0.05) is 42.7 Å². The van der Waals surface area contributed by atoms with Crippen molar-refractivity contribution in [3.8, 4) is 11.3 Å². The summed E-state index contributed by atoms with van der Waals surface area (Å²) in [5, 5.41) is 6.06. The standard InChI is InChI=1S/C22H20ClN3O3S/c1-28-11-5-10-26-21(27)18-8-2-3-9-19(18)24-22(26)30-14-17-13-20(29-25-17)15-6-4-7-16(23)12-15/h2-4,6-9,12-13H,5,10-11,14H2,1H3. The predicted octanol–water partition coefficient (Wildman–Crippen LogP) is 5.03. The maximum atomic E-state index is 13.0. The Morgan fingerprint density at radius 2 is 2.03 bits per heavy atom. The van der Waals surface area contributed by atoms with Crippen LogP contribution in [0.4, 0.5) is 0 Å². The lowest BCUT2D eigenvalue weighted by Crippen LogP contribution is -2.24. The summed E-state index contributed by atoms with van der Waals surface area (Å²) in [7, 11) is 1.65. The number of fused-ring (bicyclic) bond motifs is 1. The molecule has 0 atom stereocenters. The molecule has 4 aromatic rings. The highest BCUT2D eigenvalue weighted by Gasteiger charge is 2.13. The average Bonchev–Trinajstić information content (AvgIpc) is 3.23. The Labute approximate surface area is 182 Å². The third-order valence-electron chi connectivity index (χ3n) is 4.57. The number of hydrogen-bond acceptors (Lipinski definition) is 6. The molecule has 0 bridgehead atoms. The van der Waals surface area contributed by atoms with Crippen molar-refractivity contribution in [2.24, 2.45) is 0 Å². The molecule has 0 saturated carbocycles. The molecule has 0 radical (unpaired) electrons. The SMILES string of the molecule is COCCCn1c(SCc2cc(-c3cccc(Cl)c3)on2)nc2ccccc2c1=O. The lowest BCUT2D eigenvalue weighted by Gasteiger charge is -2.12. The van der Waals surface area contributed by atoms with E-state index in [1.165, 1.54) is 11.8 Å². The number of ether oxygens (including phenoxy) is 1. The highest BCUT2D eigenvalue weighted by Crippen LogP contribution is 2.27. The van der Waals surface area contributed by atoms with Crippen molar-refractivity contribution in [1.29, 1.82) is 0 Å². The molecule has 2 heterocycles. The van der Waals surface area contributed by atoms with E-state index in [9.17, 15) is 4.79 Å². The number of rotatable bonds is 8. The topological polar surface area (TPSA) is 70.2 Å².